The first kappa shape index (κ1) is 17.2. The molecule has 0 spiro atoms. The van der Waals surface area contributed by atoms with Crippen LogP contribution in [0.25, 0.3) is 0 Å². The third kappa shape index (κ3) is 4.40. The summed E-state index contributed by atoms with van der Waals surface area (Å²) in [5.41, 5.74) is -4.01. The summed E-state index contributed by atoms with van der Waals surface area (Å²) in [6.07, 6.45) is -5.08. The number of aldehydes is 1. The topological polar surface area (TPSA) is 17.1 Å². The molecule has 1 aromatic carbocycles. The molecule has 17 heavy (non-hydrogen) atoms. The molecule has 1 aromatic rings. The van der Waals surface area contributed by atoms with Crippen LogP contribution < -0.4 is 56.8 Å². The molecule has 0 fully saturated rings. The molecule has 0 bridgehead atoms. The quantitative estimate of drug-likeness (QED) is 0.408. The smallest absolute Gasteiger partial charge is 0.445 e. The number of carbonyl (C=O) groups excluding carboxylic acids is 1. The van der Waals surface area contributed by atoms with Gasteiger partial charge in [-0.2, -0.15) is 13.2 Å². The molecule has 0 aliphatic carbocycles. The SMILES string of the molecule is O=Cc1ccc([B-](F)(F)F)c(C(F)(F)F)c1.[K+]. The molecular formula is C8H4BF6KO. The van der Waals surface area contributed by atoms with E-state index in [-0.39, 0.29) is 69.8 Å². The molecule has 1 nitrogen and oxygen atoms in total. The number of benzene rings is 1. The van der Waals surface area contributed by atoms with Gasteiger partial charge in [-0.1, -0.05) is 17.6 Å². The molecule has 0 N–H and O–H groups in total. The van der Waals surface area contributed by atoms with E-state index >= 15 is 0 Å². The molecule has 0 aromatic heterocycles. The van der Waals surface area contributed by atoms with Crippen molar-refractivity contribution in [1.82, 2.24) is 0 Å². The maximum absolute atomic E-state index is 12.3. The molecule has 0 heterocycles. The van der Waals surface area contributed by atoms with Crippen LogP contribution >= 0.6 is 0 Å². The second-order valence-corrected chi connectivity index (χ2v) is 3.04. The number of carbonyl (C=O) groups is 1. The zero-order valence-electron chi connectivity index (χ0n) is 8.56. The molecular weight excluding hydrogens is 276 g/mol. The summed E-state index contributed by atoms with van der Waals surface area (Å²) < 4.78 is 73.7. The predicted molar refractivity (Wildman–Crippen MR) is 45.5 cm³/mol. The zero-order chi connectivity index (χ0) is 12.6. The molecule has 0 aliphatic rings. The fourth-order valence-corrected chi connectivity index (χ4v) is 1.18. The molecule has 0 unspecified atom stereocenters. The second kappa shape index (κ2) is 5.87. The monoisotopic (exact) mass is 280 g/mol. The van der Waals surface area contributed by atoms with Gasteiger partial charge in [0.05, 0.1) is 0 Å². The van der Waals surface area contributed by atoms with Crippen LogP contribution in [0.15, 0.2) is 18.2 Å². The standard InChI is InChI=1S/C8H4BF6O.K/c10-8(11,12)6-3-5(4-16)1-2-7(6)9(13,14)15;/h1-4H;/q-1;+1. The number of hydrogen-bond donors (Lipinski definition) is 0. The van der Waals surface area contributed by atoms with Crippen LogP contribution in [-0.4, -0.2) is 13.3 Å². The first-order valence-electron chi connectivity index (χ1n) is 4.02. The van der Waals surface area contributed by atoms with E-state index < -0.39 is 29.7 Å². The largest absolute Gasteiger partial charge is 1.00 e. The molecule has 0 radical (unpaired) electrons. The van der Waals surface area contributed by atoms with Gasteiger partial charge in [-0.3, -0.25) is 4.79 Å². The van der Waals surface area contributed by atoms with Gasteiger partial charge in [-0.25, -0.2) is 0 Å². The van der Waals surface area contributed by atoms with Gasteiger partial charge in [-0.15, -0.1) is 0 Å². The molecule has 1 rings (SSSR count). The van der Waals surface area contributed by atoms with Gasteiger partial charge in [0.2, 0.25) is 0 Å². The van der Waals surface area contributed by atoms with Crippen molar-refractivity contribution in [3.63, 3.8) is 0 Å². The normalized spacial score (nSPS) is 11.9. The van der Waals surface area contributed by atoms with Crippen molar-refractivity contribution in [2.45, 2.75) is 6.18 Å². The summed E-state index contributed by atoms with van der Waals surface area (Å²) in [6.45, 7) is -5.76. The number of hydrogen-bond acceptors (Lipinski definition) is 1. The van der Waals surface area contributed by atoms with E-state index in [9.17, 15) is 30.9 Å². The van der Waals surface area contributed by atoms with Gasteiger partial charge in [0.25, 0.3) is 0 Å². The first-order chi connectivity index (χ1) is 7.16. The fourth-order valence-electron chi connectivity index (χ4n) is 1.18. The minimum atomic E-state index is -5.76. The average Bonchev–Trinajstić information content (AvgIpc) is 2.14. The van der Waals surface area contributed by atoms with Crippen molar-refractivity contribution >= 4 is 18.7 Å². The minimum absolute atomic E-state index is 0. The Kier molecular flexibility index (Phi) is 5.93. The van der Waals surface area contributed by atoms with Crippen LogP contribution in [0, 0.1) is 0 Å². The summed E-state index contributed by atoms with van der Waals surface area (Å²) >= 11 is 0. The van der Waals surface area contributed by atoms with E-state index in [1.165, 1.54) is 0 Å². The van der Waals surface area contributed by atoms with Crippen molar-refractivity contribution in [3.8, 4) is 0 Å². The Bertz CT molecular complexity index is 413. The van der Waals surface area contributed by atoms with E-state index in [4.69, 9.17) is 0 Å². The Labute approximate surface area is 135 Å². The molecule has 0 amide bonds. The van der Waals surface area contributed by atoms with Gasteiger partial charge in [0.1, 0.15) is 6.29 Å². The maximum atomic E-state index is 12.3. The van der Waals surface area contributed by atoms with E-state index in [1.807, 2.05) is 0 Å². The zero-order valence-corrected chi connectivity index (χ0v) is 11.7. The molecule has 88 valence electrons. The van der Waals surface area contributed by atoms with Crippen LogP contribution in [0.3, 0.4) is 0 Å². The summed E-state index contributed by atoms with van der Waals surface area (Å²) in [6, 6.07) is 1.16. The molecule has 9 heteroatoms. The Morgan fingerprint density at radius 2 is 1.65 bits per heavy atom. The molecule has 0 saturated carbocycles. The average molecular weight is 280 g/mol. The molecule has 0 atom stereocenters. The summed E-state index contributed by atoms with van der Waals surface area (Å²) in [5, 5.41) is 0. The van der Waals surface area contributed by atoms with Crippen molar-refractivity contribution in [2.24, 2.45) is 0 Å². The van der Waals surface area contributed by atoms with Crippen LogP contribution in [0.1, 0.15) is 15.9 Å². The van der Waals surface area contributed by atoms with E-state index in [0.717, 1.165) is 0 Å². The van der Waals surface area contributed by atoms with Gasteiger partial charge < -0.3 is 12.9 Å². The first-order valence-corrected chi connectivity index (χ1v) is 4.02. The van der Waals surface area contributed by atoms with E-state index in [1.54, 1.807) is 0 Å². The molecule has 0 aliphatic heterocycles. The van der Waals surface area contributed by atoms with E-state index in [2.05, 4.69) is 0 Å². The Morgan fingerprint density at radius 3 is 2.00 bits per heavy atom. The van der Waals surface area contributed by atoms with Crippen LogP contribution in [0.4, 0.5) is 26.1 Å². The van der Waals surface area contributed by atoms with Gasteiger partial charge in [0.15, 0.2) is 0 Å². The third-order valence-corrected chi connectivity index (χ3v) is 1.87. The summed E-state index contributed by atoms with van der Waals surface area (Å²) in [4.78, 5) is 10.2. The van der Waals surface area contributed by atoms with Gasteiger partial charge in [-0.05, 0) is 6.07 Å². The Hall–Kier alpha value is 0.171. The fraction of sp³-hybridized carbons (Fsp3) is 0.125. The van der Waals surface area contributed by atoms with Crippen LogP contribution in [0.5, 0.6) is 0 Å². The van der Waals surface area contributed by atoms with Crippen LogP contribution in [0.2, 0.25) is 0 Å². The Morgan fingerprint density at radius 1 is 1.12 bits per heavy atom. The number of rotatable bonds is 2. The van der Waals surface area contributed by atoms with Gasteiger partial charge in [0, 0.05) is 11.1 Å². The van der Waals surface area contributed by atoms with Crippen molar-refractivity contribution in [2.75, 3.05) is 0 Å². The third-order valence-electron chi connectivity index (χ3n) is 1.87. The second-order valence-electron chi connectivity index (χ2n) is 3.04. The number of halogens is 6. The van der Waals surface area contributed by atoms with Gasteiger partial charge >= 0.3 is 64.5 Å². The Balaban J connectivity index is 0.00000256. The maximum Gasteiger partial charge on any atom is 1.00 e. The van der Waals surface area contributed by atoms with Crippen molar-refractivity contribution in [1.29, 1.82) is 0 Å². The summed E-state index contributed by atoms with van der Waals surface area (Å²) in [7, 11) is 0. The van der Waals surface area contributed by atoms with E-state index in [0.29, 0.717) is 6.07 Å². The predicted octanol–water partition coefficient (Wildman–Crippen LogP) is -0.424. The van der Waals surface area contributed by atoms with Crippen molar-refractivity contribution in [3.05, 3.63) is 29.3 Å². The van der Waals surface area contributed by atoms with Crippen molar-refractivity contribution < 1.29 is 82.3 Å². The van der Waals surface area contributed by atoms with Crippen LogP contribution in [-0.2, 0) is 6.18 Å². The molecule has 0 saturated heterocycles. The summed E-state index contributed by atoms with van der Waals surface area (Å²) in [5.74, 6) is 0. The number of alkyl halides is 3. The minimum Gasteiger partial charge on any atom is -0.445 e.